The van der Waals surface area contributed by atoms with E-state index in [9.17, 15) is 9.18 Å². The monoisotopic (exact) mass is 484 g/mol. The van der Waals surface area contributed by atoms with E-state index < -0.39 is 12.0 Å². The summed E-state index contributed by atoms with van der Waals surface area (Å²) in [5.41, 5.74) is 8.31. The van der Waals surface area contributed by atoms with Crippen molar-refractivity contribution in [3.8, 4) is 11.3 Å². The van der Waals surface area contributed by atoms with Gasteiger partial charge in [-0.15, -0.1) is 5.10 Å². The van der Waals surface area contributed by atoms with E-state index in [-0.39, 0.29) is 39.0 Å². The van der Waals surface area contributed by atoms with E-state index in [1.807, 2.05) is 19.9 Å². The van der Waals surface area contributed by atoms with Crippen LogP contribution in [-0.2, 0) is 7.05 Å². The van der Waals surface area contributed by atoms with Gasteiger partial charge in [-0.2, -0.15) is 4.39 Å². The number of nitrogens with zero attached hydrogens (tertiary/aromatic N) is 4. The zero-order chi connectivity index (χ0) is 24.7. The standard InChI is InChI=1S/C23H22ClFN6O3/c1-10-7-13(12(3)27-16-5-6-17(24)28-18(16)23(26)30-33)21-14(8-10)19(32)11(2)20(34-21)15-9-31(4)29-22(15)25/h5-9,12,27,33H,1-4H3,(H2,26,30)/t12-/m1/s1. The lowest BCUT2D eigenvalue weighted by atomic mass is 9.99. The van der Waals surface area contributed by atoms with Crippen molar-refractivity contribution in [3.63, 3.8) is 0 Å². The van der Waals surface area contributed by atoms with Crippen molar-refractivity contribution in [1.29, 1.82) is 0 Å². The van der Waals surface area contributed by atoms with Crippen molar-refractivity contribution in [2.75, 3.05) is 5.32 Å². The lowest BCUT2D eigenvalue weighted by Crippen LogP contribution is -2.19. The summed E-state index contributed by atoms with van der Waals surface area (Å²) in [6.07, 6.45) is 1.46. The molecule has 1 atom stereocenters. The molecule has 4 rings (SSSR count). The lowest BCUT2D eigenvalue weighted by Gasteiger charge is -2.20. The smallest absolute Gasteiger partial charge is 0.243 e. The van der Waals surface area contributed by atoms with Crippen LogP contribution in [0.5, 0.6) is 0 Å². The van der Waals surface area contributed by atoms with E-state index in [0.29, 0.717) is 22.2 Å². The molecule has 1 aromatic carbocycles. The van der Waals surface area contributed by atoms with Gasteiger partial charge in [0.2, 0.25) is 5.95 Å². The number of anilines is 1. The highest BCUT2D eigenvalue weighted by Gasteiger charge is 2.22. The number of hydrogen-bond acceptors (Lipinski definition) is 7. The number of rotatable bonds is 5. The van der Waals surface area contributed by atoms with E-state index in [4.69, 9.17) is 27.0 Å². The molecule has 4 aromatic rings. The molecule has 0 spiro atoms. The lowest BCUT2D eigenvalue weighted by molar-refractivity contribution is 0.318. The highest BCUT2D eigenvalue weighted by Crippen LogP contribution is 2.33. The van der Waals surface area contributed by atoms with Gasteiger partial charge in [-0.3, -0.25) is 9.48 Å². The molecule has 0 aliphatic rings. The first kappa shape index (κ1) is 23.2. The van der Waals surface area contributed by atoms with Gasteiger partial charge in [0.25, 0.3) is 0 Å². The molecule has 0 fully saturated rings. The van der Waals surface area contributed by atoms with Crippen molar-refractivity contribution in [2.24, 2.45) is 17.9 Å². The van der Waals surface area contributed by atoms with E-state index in [1.165, 1.54) is 10.9 Å². The third kappa shape index (κ3) is 4.08. The van der Waals surface area contributed by atoms with Gasteiger partial charge in [-0.1, -0.05) is 22.8 Å². The molecule has 3 aromatic heterocycles. The quantitative estimate of drug-likeness (QED) is 0.127. The SMILES string of the molecule is Cc1cc([C@@H](C)Nc2ccc(Cl)nc2C(N)=NO)c2oc(-c3cn(C)nc3F)c(C)c(=O)c2c1. The number of oxime groups is 1. The first-order valence-corrected chi connectivity index (χ1v) is 10.7. The van der Waals surface area contributed by atoms with Gasteiger partial charge in [0, 0.05) is 24.4 Å². The maximum absolute atomic E-state index is 14.4. The van der Waals surface area contributed by atoms with Crippen molar-refractivity contribution < 1.29 is 14.0 Å². The number of aryl methyl sites for hydroxylation is 2. The number of nitrogens with one attached hydrogen (secondary N) is 1. The zero-order valence-electron chi connectivity index (χ0n) is 18.8. The average molecular weight is 485 g/mol. The largest absolute Gasteiger partial charge is 0.455 e. The normalized spacial score (nSPS) is 12.8. The van der Waals surface area contributed by atoms with Crippen LogP contribution in [-0.4, -0.2) is 25.8 Å². The number of nitrogens with two attached hydrogens (primary N) is 1. The first-order valence-electron chi connectivity index (χ1n) is 10.3. The minimum atomic E-state index is -0.733. The second-order valence-corrected chi connectivity index (χ2v) is 8.39. The van der Waals surface area contributed by atoms with Gasteiger partial charge >= 0.3 is 0 Å². The molecule has 0 aliphatic carbocycles. The number of benzene rings is 1. The fourth-order valence-electron chi connectivity index (χ4n) is 3.87. The Hall–Kier alpha value is -3.92. The number of hydrogen-bond donors (Lipinski definition) is 3. The van der Waals surface area contributed by atoms with Crippen LogP contribution in [0.15, 0.2) is 44.8 Å². The Bertz CT molecular complexity index is 1510. The molecule has 3 heterocycles. The number of fused-ring (bicyclic) bond motifs is 1. The number of aromatic nitrogens is 3. The molecule has 9 nitrogen and oxygen atoms in total. The van der Waals surface area contributed by atoms with Crippen molar-refractivity contribution in [1.82, 2.24) is 14.8 Å². The van der Waals surface area contributed by atoms with Gasteiger partial charge in [0.15, 0.2) is 11.3 Å². The summed E-state index contributed by atoms with van der Waals surface area (Å²) in [5, 5.41) is 19.6. The molecule has 0 unspecified atom stereocenters. The van der Waals surface area contributed by atoms with E-state index in [1.54, 1.807) is 32.2 Å². The second kappa shape index (κ2) is 8.79. The summed E-state index contributed by atoms with van der Waals surface area (Å²) in [6.45, 7) is 5.31. The molecule has 0 radical (unpaired) electrons. The van der Waals surface area contributed by atoms with Gasteiger partial charge in [-0.25, -0.2) is 4.98 Å². The Morgan fingerprint density at radius 2 is 2.09 bits per heavy atom. The Kier molecular flexibility index (Phi) is 6.01. The molecular weight excluding hydrogens is 463 g/mol. The van der Waals surface area contributed by atoms with Crippen LogP contribution < -0.4 is 16.5 Å². The Morgan fingerprint density at radius 1 is 1.35 bits per heavy atom. The summed E-state index contributed by atoms with van der Waals surface area (Å²) in [4.78, 5) is 17.4. The maximum Gasteiger partial charge on any atom is 0.243 e. The molecule has 176 valence electrons. The molecule has 0 amide bonds. The van der Waals surface area contributed by atoms with Crippen molar-refractivity contribution >= 4 is 34.1 Å². The van der Waals surface area contributed by atoms with Crippen LogP contribution in [0.2, 0.25) is 5.15 Å². The van der Waals surface area contributed by atoms with Crippen LogP contribution in [0.1, 0.15) is 35.3 Å². The molecule has 0 bridgehead atoms. The summed E-state index contributed by atoms with van der Waals surface area (Å²) in [5.74, 6) is -0.836. The van der Waals surface area contributed by atoms with Gasteiger partial charge in [0.05, 0.1) is 22.7 Å². The molecule has 34 heavy (non-hydrogen) atoms. The van der Waals surface area contributed by atoms with Gasteiger partial charge in [-0.05, 0) is 44.5 Å². The molecule has 11 heteroatoms. The fourth-order valence-corrected chi connectivity index (χ4v) is 4.01. The number of pyridine rings is 1. The van der Waals surface area contributed by atoms with Crippen molar-refractivity contribution in [3.05, 3.63) is 74.2 Å². The number of amidine groups is 1. The van der Waals surface area contributed by atoms with E-state index in [2.05, 4.69) is 20.6 Å². The third-order valence-corrected chi connectivity index (χ3v) is 5.68. The summed E-state index contributed by atoms with van der Waals surface area (Å²) < 4.78 is 21.9. The average Bonchev–Trinajstić information content (AvgIpc) is 3.14. The molecule has 0 aliphatic heterocycles. The summed E-state index contributed by atoms with van der Waals surface area (Å²) in [6, 6.07) is 6.39. The topological polar surface area (TPSA) is 132 Å². The van der Waals surface area contributed by atoms with Crippen LogP contribution in [0, 0.1) is 19.8 Å². The fraction of sp³-hybridized carbons (Fsp3) is 0.217. The Balaban J connectivity index is 1.90. The molecule has 0 saturated heterocycles. The Labute approximate surface area is 198 Å². The summed E-state index contributed by atoms with van der Waals surface area (Å²) in [7, 11) is 1.58. The highest BCUT2D eigenvalue weighted by atomic mass is 35.5. The molecular formula is C23H22ClFN6O3. The van der Waals surface area contributed by atoms with E-state index in [0.717, 1.165) is 5.56 Å². The van der Waals surface area contributed by atoms with Crippen molar-refractivity contribution in [2.45, 2.75) is 26.8 Å². The van der Waals surface area contributed by atoms with Gasteiger partial charge in [0.1, 0.15) is 22.2 Å². The van der Waals surface area contributed by atoms with Gasteiger partial charge < -0.3 is 20.7 Å². The van der Waals surface area contributed by atoms with Crippen LogP contribution in [0.25, 0.3) is 22.3 Å². The van der Waals surface area contributed by atoms with Crippen LogP contribution in [0.3, 0.4) is 0 Å². The van der Waals surface area contributed by atoms with E-state index >= 15 is 0 Å². The number of halogens is 2. The maximum atomic E-state index is 14.4. The zero-order valence-corrected chi connectivity index (χ0v) is 19.6. The minimum absolute atomic E-state index is 0.0993. The van der Waals surface area contributed by atoms with Crippen LogP contribution in [0.4, 0.5) is 10.1 Å². The predicted octanol–water partition coefficient (Wildman–Crippen LogP) is 4.27. The highest BCUT2D eigenvalue weighted by molar-refractivity contribution is 6.29. The molecule has 4 N–H and O–H groups in total. The van der Waals surface area contributed by atoms with Crippen LogP contribution >= 0.6 is 11.6 Å². The second-order valence-electron chi connectivity index (χ2n) is 8.00. The first-order chi connectivity index (χ1) is 16.1. The summed E-state index contributed by atoms with van der Waals surface area (Å²) >= 11 is 5.97. The Morgan fingerprint density at radius 3 is 2.74 bits per heavy atom. The minimum Gasteiger partial charge on any atom is -0.455 e. The molecule has 0 saturated carbocycles. The third-order valence-electron chi connectivity index (χ3n) is 5.47. The predicted molar refractivity (Wildman–Crippen MR) is 128 cm³/mol.